The van der Waals surface area contributed by atoms with E-state index >= 15 is 0 Å². The van der Waals surface area contributed by atoms with E-state index in [0.29, 0.717) is 26.1 Å². The monoisotopic (exact) mass is 255 g/mol. The van der Waals surface area contributed by atoms with E-state index in [1.807, 2.05) is 13.8 Å². The molecule has 1 aromatic rings. The van der Waals surface area contributed by atoms with Crippen LogP contribution in [0.15, 0.2) is 4.79 Å². The molecule has 6 nitrogen and oxygen atoms in total. The summed E-state index contributed by atoms with van der Waals surface area (Å²) in [7, 11) is 1.63. The molecule has 0 aliphatic carbocycles. The van der Waals surface area contributed by atoms with Crippen LogP contribution in [-0.4, -0.2) is 35.7 Å². The van der Waals surface area contributed by atoms with Crippen molar-refractivity contribution in [1.29, 1.82) is 0 Å². The molecule has 0 bridgehead atoms. The van der Waals surface area contributed by atoms with Gasteiger partial charge in [-0.25, -0.2) is 4.79 Å². The summed E-state index contributed by atoms with van der Waals surface area (Å²) in [6.45, 7) is 5.36. The Kier molecular flexibility index (Phi) is 5.64. The van der Waals surface area contributed by atoms with Gasteiger partial charge in [0.05, 0.1) is 0 Å². The van der Waals surface area contributed by atoms with Crippen molar-refractivity contribution in [3.05, 3.63) is 21.9 Å². The number of hydrogen-bond donors (Lipinski definition) is 2. The lowest BCUT2D eigenvalue weighted by molar-refractivity contribution is -0.121. The number of nitrogens with one attached hydrogen (secondary N) is 2. The van der Waals surface area contributed by atoms with Crippen LogP contribution < -0.4 is 11.0 Å². The summed E-state index contributed by atoms with van der Waals surface area (Å²) in [6.07, 6.45) is 1.11. The second-order valence-corrected chi connectivity index (χ2v) is 4.24. The molecule has 1 amide bonds. The summed E-state index contributed by atoms with van der Waals surface area (Å²) in [4.78, 5) is 25.8. The van der Waals surface area contributed by atoms with Crippen molar-refractivity contribution < 1.29 is 9.53 Å². The molecule has 1 rings (SSSR count). The number of amides is 1. The van der Waals surface area contributed by atoms with Gasteiger partial charge in [0, 0.05) is 44.6 Å². The van der Waals surface area contributed by atoms with Gasteiger partial charge in [-0.3, -0.25) is 9.36 Å². The molecule has 1 aromatic heterocycles. The highest BCUT2D eigenvalue weighted by Gasteiger charge is 2.08. The predicted molar refractivity (Wildman–Crippen MR) is 68.6 cm³/mol. The maximum absolute atomic E-state index is 11.5. The molecule has 0 unspecified atom stereocenters. The fourth-order valence-electron chi connectivity index (χ4n) is 1.69. The highest BCUT2D eigenvalue weighted by molar-refractivity contribution is 5.75. The number of ether oxygens (including phenoxy) is 1. The minimum absolute atomic E-state index is 0.0451. The number of carbonyl (C=O) groups is 1. The third kappa shape index (κ3) is 4.03. The second-order valence-electron chi connectivity index (χ2n) is 4.24. The van der Waals surface area contributed by atoms with Gasteiger partial charge in [0.1, 0.15) is 0 Å². The molecule has 1 heterocycles. The van der Waals surface area contributed by atoms with E-state index in [2.05, 4.69) is 10.3 Å². The van der Waals surface area contributed by atoms with Gasteiger partial charge >= 0.3 is 5.69 Å². The van der Waals surface area contributed by atoms with Crippen molar-refractivity contribution in [2.75, 3.05) is 20.3 Å². The fourth-order valence-corrected chi connectivity index (χ4v) is 1.69. The Morgan fingerprint density at radius 1 is 1.44 bits per heavy atom. The van der Waals surface area contributed by atoms with Gasteiger partial charge in [-0.15, -0.1) is 0 Å². The molecule has 18 heavy (non-hydrogen) atoms. The molecule has 0 radical (unpaired) electrons. The highest BCUT2D eigenvalue weighted by Crippen LogP contribution is 2.00. The van der Waals surface area contributed by atoms with Crippen LogP contribution in [-0.2, 0) is 16.1 Å². The Hall–Kier alpha value is -1.56. The molecule has 0 aromatic carbocycles. The van der Waals surface area contributed by atoms with Gasteiger partial charge in [-0.1, -0.05) is 0 Å². The molecule has 0 spiro atoms. The lowest BCUT2D eigenvalue weighted by Gasteiger charge is -2.06. The number of rotatable bonds is 7. The zero-order valence-corrected chi connectivity index (χ0v) is 11.2. The molecule has 102 valence electrons. The average molecular weight is 255 g/mol. The van der Waals surface area contributed by atoms with E-state index in [1.54, 1.807) is 11.7 Å². The molecule has 2 N–H and O–H groups in total. The maximum Gasteiger partial charge on any atom is 0.325 e. The molecule has 0 atom stereocenters. The molecular formula is C12H21N3O3. The first-order chi connectivity index (χ1) is 8.56. The third-order valence-electron chi connectivity index (χ3n) is 2.90. The summed E-state index contributed by atoms with van der Waals surface area (Å²) < 4.78 is 6.47. The number of aromatic nitrogens is 2. The van der Waals surface area contributed by atoms with Crippen molar-refractivity contribution in [2.24, 2.45) is 0 Å². The van der Waals surface area contributed by atoms with E-state index in [4.69, 9.17) is 4.74 Å². The standard InChI is InChI=1S/C12H21N3O3/c1-9-10(2)15(12(17)14-9)7-5-11(16)13-6-4-8-18-3/h4-8H2,1-3H3,(H,13,16)(H,14,17). The van der Waals surface area contributed by atoms with Crippen LogP contribution in [0.1, 0.15) is 24.2 Å². The van der Waals surface area contributed by atoms with Crippen LogP contribution >= 0.6 is 0 Å². The van der Waals surface area contributed by atoms with Crippen LogP contribution in [0.25, 0.3) is 0 Å². The first-order valence-electron chi connectivity index (χ1n) is 6.08. The van der Waals surface area contributed by atoms with Crippen LogP contribution in [0.5, 0.6) is 0 Å². The largest absolute Gasteiger partial charge is 0.385 e. The van der Waals surface area contributed by atoms with Crippen LogP contribution in [0.4, 0.5) is 0 Å². The SMILES string of the molecule is COCCCNC(=O)CCn1c(C)c(C)[nH]c1=O. The number of imidazole rings is 1. The van der Waals surface area contributed by atoms with Crippen LogP contribution in [0.2, 0.25) is 0 Å². The number of carbonyl (C=O) groups excluding carboxylic acids is 1. The first-order valence-corrected chi connectivity index (χ1v) is 6.08. The minimum Gasteiger partial charge on any atom is -0.385 e. The van der Waals surface area contributed by atoms with Crippen LogP contribution in [0, 0.1) is 13.8 Å². The van der Waals surface area contributed by atoms with Gasteiger partial charge in [-0.2, -0.15) is 0 Å². The molecule has 0 fully saturated rings. The van der Waals surface area contributed by atoms with Gasteiger partial charge in [0.2, 0.25) is 5.91 Å². The summed E-state index contributed by atoms with van der Waals surface area (Å²) >= 11 is 0. The number of H-pyrrole nitrogens is 1. The van der Waals surface area contributed by atoms with Crippen molar-refractivity contribution in [3.63, 3.8) is 0 Å². The normalized spacial score (nSPS) is 10.6. The average Bonchev–Trinajstić information content (AvgIpc) is 2.57. The van der Waals surface area contributed by atoms with Gasteiger partial charge in [0.15, 0.2) is 0 Å². The zero-order chi connectivity index (χ0) is 13.5. The van der Waals surface area contributed by atoms with Gasteiger partial charge in [-0.05, 0) is 20.3 Å². The number of hydrogen-bond acceptors (Lipinski definition) is 3. The van der Waals surface area contributed by atoms with E-state index in [1.165, 1.54) is 0 Å². The predicted octanol–water partition coefficient (Wildman–Crippen LogP) is 0.336. The van der Waals surface area contributed by atoms with Gasteiger partial charge in [0.25, 0.3) is 0 Å². The van der Waals surface area contributed by atoms with Gasteiger partial charge < -0.3 is 15.0 Å². The van der Waals surface area contributed by atoms with E-state index in [-0.39, 0.29) is 11.6 Å². The first kappa shape index (κ1) is 14.5. The Labute approximate surface area is 106 Å². The summed E-state index contributed by atoms with van der Waals surface area (Å²) in [6, 6.07) is 0. The van der Waals surface area contributed by atoms with Crippen LogP contribution in [0.3, 0.4) is 0 Å². The summed E-state index contributed by atoms with van der Waals surface area (Å²) in [5.41, 5.74) is 1.57. The smallest absolute Gasteiger partial charge is 0.325 e. The molecular weight excluding hydrogens is 234 g/mol. The molecule has 0 aliphatic rings. The molecule has 0 saturated carbocycles. The Morgan fingerprint density at radius 3 is 2.72 bits per heavy atom. The number of methoxy groups -OCH3 is 1. The maximum atomic E-state index is 11.5. The van der Waals surface area contributed by atoms with Crippen molar-refractivity contribution in [3.8, 4) is 0 Å². The number of aromatic amines is 1. The topological polar surface area (TPSA) is 76.1 Å². The van der Waals surface area contributed by atoms with E-state index in [9.17, 15) is 9.59 Å². The highest BCUT2D eigenvalue weighted by atomic mass is 16.5. The Morgan fingerprint density at radius 2 is 2.17 bits per heavy atom. The molecule has 0 aliphatic heterocycles. The summed E-state index contributed by atoms with van der Waals surface area (Å²) in [5.74, 6) is -0.0451. The van der Waals surface area contributed by atoms with Crippen molar-refractivity contribution in [2.45, 2.75) is 33.2 Å². The fraction of sp³-hybridized carbons (Fsp3) is 0.667. The zero-order valence-electron chi connectivity index (χ0n) is 11.2. The Bertz CT molecular complexity index is 448. The lowest BCUT2D eigenvalue weighted by Crippen LogP contribution is -2.28. The second kappa shape index (κ2) is 7.00. The Balaban J connectivity index is 2.36. The molecule has 0 saturated heterocycles. The lowest BCUT2D eigenvalue weighted by atomic mass is 10.3. The molecule has 6 heteroatoms. The van der Waals surface area contributed by atoms with Crippen molar-refractivity contribution in [1.82, 2.24) is 14.9 Å². The minimum atomic E-state index is -0.155. The number of aryl methyl sites for hydroxylation is 1. The quantitative estimate of drug-likeness (QED) is 0.690. The summed E-state index contributed by atoms with van der Waals surface area (Å²) in [5, 5.41) is 2.79. The van der Waals surface area contributed by atoms with E-state index < -0.39 is 0 Å². The number of nitrogens with zero attached hydrogens (tertiary/aromatic N) is 1. The van der Waals surface area contributed by atoms with Crippen molar-refractivity contribution >= 4 is 5.91 Å². The third-order valence-corrected chi connectivity index (χ3v) is 2.90. The van der Waals surface area contributed by atoms with E-state index in [0.717, 1.165) is 17.8 Å².